The molecule has 144 valence electrons. The van der Waals surface area contributed by atoms with Gasteiger partial charge in [-0.25, -0.2) is 4.98 Å². The number of aliphatic hydroxyl groups is 1. The second kappa shape index (κ2) is 8.11. The molecule has 0 unspecified atom stereocenters. The predicted molar refractivity (Wildman–Crippen MR) is 105 cm³/mol. The molecule has 0 saturated carbocycles. The van der Waals surface area contributed by atoms with Crippen LogP contribution in [-0.2, 0) is 9.53 Å². The molecule has 2 heterocycles. The van der Waals surface area contributed by atoms with E-state index in [9.17, 15) is 14.7 Å². The highest BCUT2D eigenvalue weighted by Gasteiger charge is 2.42. The third-order valence-electron chi connectivity index (χ3n) is 4.43. The highest BCUT2D eigenvalue weighted by molar-refractivity contribution is 6.31. The Morgan fingerprint density at radius 1 is 1.39 bits per heavy atom. The Morgan fingerprint density at radius 2 is 2.18 bits per heavy atom. The smallest absolute Gasteiger partial charge is 0.267 e. The summed E-state index contributed by atoms with van der Waals surface area (Å²) in [5, 5.41) is 10.8. The van der Waals surface area contributed by atoms with Crippen LogP contribution < -0.4 is 0 Å². The van der Waals surface area contributed by atoms with Crippen molar-refractivity contribution in [1.82, 2.24) is 9.88 Å². The predicted octanol–water partition coefficient (Wildman–Crippen LogP) is 2.18. The van der Waals surface area contributed by atoms with Crippen molar-refractivity contribution in [1.29, 1.82) is 0 Å². The zero-order valence-electron chi connectivity index (χ0n) is 15.5. The van der Waals surface area contributed by atoms with Crippen molar-refractivity contribution in [2.24, 2.45) is 0 Å². The number of methoxy groups -OCH3 is 1. The molecular formula is C21H19ClN2O4. The summed E-state index contributed by atoms with van der Waals surface area (Å²) in [5.41, 5.74) is 0.405. The van der Waals surface area contributed by atoms with Gasteiger partial charge in [-0.15, -0.1) is 0 Å². The van der Waals surface area contributed by atoms with Gasteiger partial charge in [0.1, 0.15) is 12.3 Å². The summed E-state index contributed by atoms with van der Waals surface area (Å²) in [7, 11) is 3.07. The van der Waals surface area contributed by atoms with E-state index in [1.165, 1.54) is 18.1 Å². The Kier molecular flexibility index (Phi) is 5.80. The first-order valence-corrected chi connectivity index (χ1v) is 9.01. The number of Topliss-reactive ketones (excluding diaryl/α,β-unsaturated/α-hetero) is 1. The van der Waals surface area contributed by atoms with E-state index in [1.807, 2.05) is 6.07 Å². The maximum absolute atomic E-state index is 12.1. The number of hydrogen-bond acceptors (Lipinski definition) is 5. The van der Waals surface area contributed by atoms with Gasteiger partial charge in [0.2, 0.25) is 11.4 Å². The zero-order chi connectivity index (χ0) is 20.3. The van der Waals surface area contributed by atoms with E-state index in [-0.39, 0.29) is 24.5 Å². The molecule has 1 aromatic carbocycles. The largest absolute Gasteiger partial charge is 0.376 e. The van der Waals surface area contributed by atoms with Crippen LogP contribution in [0.3, 0.4) is 0 Å². The molecule has 1 atom stereocenters. The number of likely N-dealkylation sites (tertiary alicyclic amines) is 1. The monoisotopic (exact) mass is 398 g/mol. The molecule has 0 aliphatic carbocycles. The number of hydrogen-bond donors (Lipinski definition) is 1. The van der Waals surface area contributed by atoms with Crippen molar-refractivity contribution in [2.75, 3.05) is 27.3 Å². The number of halogens is 1. The third kappa shape index (κ3) is 4.23. The van der Waals surface area contributed by atoms with Gasteiger partial charge in [-0.3, -0.25) is 9.59 Å². The van der Waals surface area contributed by atoms with Gasteiger partial charge >= 0.3 is 0 Å². The van der Waals surface area contributed by atoms with E-state index in [0.29, 0.717) is 28.4 Å². The van der Waals surface area contributed by atoms with Crippen LogP contribution in [0, 0.1) is 11.8 Å². The minimum atomic E-state index is -1.65. The quantitative estimate of drug-likeness (QED) is 0.630. The van der Waals surface area contributed by atoms with Gasteiger partial charge < -0.3 is 14.7 Å². The average molecular weight is 399 g/mol. The van der Waals surface area contributed by atoms with E-state index < -0.39 is 11.5 Å². The molecule has 2 aromatic rings. The number of carbonyl (C=O) groups is 2. The molecule has 1 fully saturated rings. The lowest BCUT2D eigenvalue weighted by Crippen LogP contribution is -2.37. The van der Waals surface area contributed by atoms with Gasteiger partial charge in [0.05, 0.1) is 5.69 Å². The van der Waals surface area contributed by atoms with E-state index in [4.69, 9.17) is 16.3 Å². The molecule has 0 radical (unpaired) electrons. The standard InChI is InChI=1S/C21H19ClN2O4/c1-24-9-8-21(27,20(24)26)7-6-14-4-3-5-15(10-14)17-11-16(22)12-18(23-17)19(25)13-28-2/h3-5,10-12,27H,8-9,13H2,1-2H3/t21-/m0/s1. The van der Waals surface area contributed by atoms with Crippen LogP contribution in [0.4, 0.5) is 0 Å². The molecular weight excluding hydrogens is 380 g/mol. The lowest BCUT2D eigenvalue weighted by molar-refractivity contribution is -0.137. The highest BCUT2D eigenvalue weighted by Crippen LogP contribution is 2.24. The summed E-state index contributed by atoms with van der Waals surface area (Å²) < 4.78 is 4.86. The summed E-state index contributed by atoms with van der Waals surface area (Å²) in [6.45, 7) is 0.383. The zero-order valence-corrected chi connectivity index (χ0v) is 16.3. The number of aromatic nitrogens is 1. The van der Waals surface area contributed by atoms with Gasteiger partial charge in [-0.1, -0.05) is 35.6 Å². The Labute approximate surface area is 168 Å². The van der Waals surface area contributed by atoms with Crippen molar-refractivity contribution >= 4 is 23.3 Å². The Morgan fingerprint density at radius 3 is 2.86 bits per heavy atom. The summed E-state index contributed by atoms with van der Waals surface area (Å²) in [6.07, 6.45) is 0.274. The molecule has 1 aromatic heterocycles. The van der Waals surface area contributed by atoms with E-state index in [0.717, 1.165) is 0 Å². The lowest BCUT2D eigenvalue weighted by atomic mass is 10.0. The highest BCUT2D eigenvalue weighted by atomic mass is 35.5. The molecule has 1 aliphatic rings. The minimum absolute atomic E-state index is 0.0840. The first-order chi connectivity index (χ1) is 13.3. The van der Waals surface area contributed by atoms with E-state index in [1.54, 1.807) is 31.3 Å². The summed E-state index contributed by atoms with van der Waals surface area (Å²) >= 11 is 6.14. The van der Waals surface area contributed by atoms with Crippen molar-refractivity contribution in [2.45, 2.75) is 12.0 Å². The van der Waals surface area contributed by atoms with E-state index in [2.05, 4.69) is 16.8 Å². The van der Waals surface area contributed by atoms with Crippen LogP contribution in [0.15, 0.2) is 36.4 Å². The van der Waals surface area contributed by atoms with Gasteiger partial charge in [0, 0.05) is 43.3 Å². The number of rotatable bonds is 4. The molecule has 1 aliphatic heterocycles. The normalized spacial score (nSPS) is 18.7. The maximum Gasteiger partial charge on any atom is 0.267 e. The molecule has 7 heteroatoms. The Bertz CT molecular complexity index is 995. The second-order valence-corrected chi connectivity index (χ2v) is 7.02. The molecule has 3 rings (SSSR count). The molecule has 0 spiro atoms. The number of pyridine rings is 1. The topological polar surface area (TPSA) is 79.7 Å². The van der Waals surface area contributed by atoms with Crippen LogP contribution in [-0.4, -0.2) is 59.6 Å². The number of amides is 1. The third-order valence-corrected chi connectivity index (χ3v) is 4.65. The second-order valence-electron chi connectivity index (χ2n) is 6.58. The number of ketones is 1. The number of nitrogens with zero attached hydrogens (tertiary/aromatic N) is 2. The van der Waals surface area contributed by atoms with Crippen LogP contribution in [0.2, 0.25) is 5.02 Å². The van der Waals surface area contributed by atoms with Gasteiger partial charge in [0.25, 0.3) is 5.91 Å². The first-order valence-electron chi connectivity index (χ1n) is 8.64. The maximum atomic E-state index is 12.1. The molecule has 6 nitrogen and oxygen atoms in total. The summed E-state index contributed by atoms with van der Waals surface area (Å²) in [5.74, 6) is 4.89. The van der Waals surface area contributed by atoms with Crippen molar-refractivity contribution in [3.63, 3.8) is 0 Å². The Hall–Kier alpha value is -2.72. The SMILES string of the molecule is COCC(=O)c1cc(Cl)cc(-c2cccc(C#C[C@]3(O)CCN(C)C3=O)c2)n1. The number of benzene rings is 1. The van der Waals surface area contributed by atoms with Crippen LogP contribution in [0.1, 0.15) is 22.5 Å². The minimum Gasteiger partial charge on any atom is -0.376 e. The van der Waals surface area contributed by atoms with Crippen molar-refractivity contribution in [3.05, 3.63) is 52.7 Å². The molecule has 0 bridgehead atoms. The summed E-state index contributed by atoms with van der Waals surface area (Å²) in [4.78, 5) is 29.9. The van der Waals surface area contributed by atoms with Crippen LogP contribution >= 0.6 is 11.6 Å². The Balaban J connectivity index is 1.92. The van der Waals surface area contributed by atoms with Crippen LogP contribution in [0.5, 0.6) is 0 Å². The van der Waals surface area contributed by atoms with Gasteiger partial charge in [-0.05, 0) is 24.3 Å². The number of likely N-dealkylation sites (N-methyl/N-ethyl adjacent to an activating group) is 1. The van der Waals surface area contributed by atoms with Gasteiger partial charge in [0.15, 0.2) is 0 Å². The number of carbonyl (C=O) groups excluding carboxylic acids is 2. The van der Waals surface area contributed by atoms with Crippen molar-refractivity contribution < 1.29 is 19.4 Å². The van der Waals surface area contributed by atoms with Gasteiger partial charge in [-0.2, -0.15) is 0 Å². The number of ether oxygens (including phenoxy) is 1. The van der Waals surface area contributed by atoms with Crippen LogP contribution in [0.25, 0.3) is 11.3 Å². The lowest BCUT2D eigenvalue weighted by Gasteiger charge is -2.13. The van der Waals surface area contributed by atoms with E-state index >= 15 is 0 Å². The fourth-order valence-electron chi connectivity index (χ4n) is 2.89. The molecule has 1 N–H and O–H groups in total. The average Bonchev–Trinajstić information content (AvgIpc) is 2.94. The first kappa shape index (κ1) is 20.0. The molecule has 28 heavy (non-hydrogen) atoms. The molecule has 1 amide bonds. The molecule has 1 saturated heterocycles. The van der Waals surface area contributed by atoms with Crippen molar-refractivity contribution in [3.8, 4) is 23.1 Å². The fraction of sp³-hybridized carbons (Fsp3) is 0.286. The fourth-order valence-corrected chi connectivity index (χ4v) is 3.10. The summed E-state index contributed by atoms with van der Waals surface area (Å²) in [6, 6.07) is 10.3.